The van der Waals surface area contributed by atoms with E-state index in [1.54, 1.807) is 0 Å². The van der Waals surface area contributed by atoms with Crippen molar-refractivity contribution in [1.29, 1.82) is 0 Å². The van der Waals surface area contributed by atoms with Gasteiger partial charge in [0.15, 0.2) is 0 Å². The molecule has 5 atom stereocenters. The lowest BCUT2D eigenvalue weighted by Gasteiger charge is -2.17. The van der Waals surface area contributed by atoms with Gasteiger partial charge in [0.05, 0.1) is 12.2 Å². The second-order valence-corrected chi connectivity index (χ2v) is 6.41. The van der Waals surface area contributed by atoms with Gasteiger partial charge in [-0.05, 0) is 37.5 Å². The molecule has 2 heteroatoms. The third kappa shape index (κ3) is 3.70. The Bertz CT molecular complexity index is 334. The third-order valence-corrected chi connectivity index (χ3v) is 4.82. The molecule has 0 aliphatic heterocycles. The summed E-state index contributed by atoms with van der Waals surface area (Å²) in [5, 5.41) is 20.1. The van der Waals surface area contributed by atoms with Crippen LogP contribution in [-0.2, 0) is 0 Å². The van der Waals surface area contributed by atoms with E-state index < -0.39 is 0 Å². The minimum atomic E-state index is -0.345. The van der Waals surface area contributed by atoms with Crippen LogP contribution in [0, 0.1) is 17.8 Å². The molecule has 2 nitrogen and oxygen atoms in total. The monoisotopic (exact) mass is 264 g/mol. The second kappa shape index (κ2) is 6.71. The van der Waals surface area contributed by atoms with Gasteiger partial charge in [0.1, 0.15) is 0 Å². The summed E-state index contributed by atoms with van der Waals surface area (Å²) in [6, 6.07) is 0. The minimum absolute atomic E-state index is 0.220. The second-order valence-electron chi connectivity index (χ2n) is 6.41. The Morgan fingerprint density at radius 1 is 1.37 bits per heavy atom. The molecule has 2 aliphatic carbocycles. The highest BCUT2D eigenvalue weighted by atomic mass is 16.3. The first kappa shape index (κ1) is 14.8. The van der Waals surface area contributed by atoms with Crippen molar-refractivity contribution in [2.45, 2.75) is 64.1 Å². The summed E-state index contributed by atoms with van der Waals surface area (Å²) in [7, 11) is 0. The molecule has 0 heterocycles. The van der Waals surface area contributed by atoms with Crippen LogP contribution in [0.5, 0.6) is 0 Å². The lowest BCUT2D eigenvalue weighted by atomic mass is 9.90. The van der Waals surface area contributed by atoms with Gasteiger partial charge in [-0.15, -0.1) is 0 Å². The lowest BCUT2D eigenvalue weighted by Crippen LogP contribution is -2.17. The zero-order valence-corrected chi connectivity index (χ0v) is 12.1. The van der Waals surface area contributed by atoms with Gasteiger partial charge < -0.3 is 10.2 Å². The van der Waals surface area contributed by atoms with E-state index in [0.717, 1.165) is 32.1 Å². The van der Waals surface area contributed by atoms with E-state index in [9.17, 15) is 10.2 Å². The average molecular weight is 264 g/mol. The van der Waals surface area contributed by atoms with E-state index in [4.69, 9.17) is 0 Å². The van der Waals surface area contributed by atoms with Gasteiger partial charge in [-0.1, -0.05) is 50.5 Å². The first-order chi connectivity index (χ1) is 9.11. The molecule has 0 aromatic carbocycles. The molecule has 0 bridgehead atoms. The summed E-state index contributed by atoms with van der Waals surface area (Å²) in [5.41, 5.74) is 1.34. The fourth-order valence-corrected chi connectivity index (χ4v) is 3.79. The SMILES string of the molecule is C=C1C[C@H]2C[C@@H](O)[C@H](/C=C/[C@@H](O)CCCCC)[C@@H]2C1. The molecule has 0 saturated heterocycles. The van der Waals surface area contributed by atoms with Crippen molar-refractivity contribution >= 4 is 0 Å². The molecule has 2 aliphatic rings. The molecular weight excluding hydrogens is 236 g/mol. The van der Waals surface area contributed by atoms with Crippen LogP contribution < -0.4 is 0 Å². The van der Waals surface area contributed by atoms with Crippen molar-refractivity contribution in [2.24, 2.45) is 17.8 Å². The number of aliphatic hydroxyl groups is 2. The highest BCUT2D eigenvalue weighted by Crippen LogP contribution is 2.49. The van der Waals surface area contributed by atoms with Gasteiger partial charge in [0, 0.05) is 5.92 Å². The number of fused-ring (bicyclic) bond motifs is 1. The summed E-state index contributed by atoms with van der Waals surface area (Å²) < 4.78 is 0. The molecule has 0 aromatic rings. The van der Waals surface area contributed by atoms with Crippen LogP contribution in [0.3, 0.4) is 0 Å². The maximum absolute atomic E-state index is 10.1. The molecule has 0 amide bonds. The van der Waals surface area contributed by atoms with Gasteiger partial charge in [-0.3, -0.25) is 0 Å². The molecule has 0 spiro atoms. The van der Waals surface area contributed by atoms with Gasteiger partial charge in [0.2, 0.25) is 0 Å². The normalized spacial score (nSPS) is 36.1. The van der Waals surface area contributed by atoms with E-state index in [-0.39, 0.29) is 18.1 Å². The standard InChI is InChI=1S/C17H28O2/c1-3-4-5-6-14(18)7-8-15-16-10-12(2)9-13(16)11-17(15)19/h7-8,13-19H,2-6,9-11H2,1H3/b8-7+/t13-,14-,15+,16+,17+/m0/s1. The van der Waals surface area contributed by atoms with Crippen molar-refractivity contribution in [1.82, 2.24) is 0 Å². The molecule has 108 valence electrons. The fraction of sp³-hybridized carbons (Fsp3) is 0.765. The van der Waals surface area contributed by atoms with Crippen LogP contribution in [0.4, 0.5) is 0 Å². The van der Waals surface area contributed by atoms with E-state index in [1.807, 2.05) is 6.08 Å². The van der Waals surface area contributed by atoms with Crippen LogP contribution in [-0.4, -0.2) is 22.4 Å². The topological polar surface area (TPSA) is 40.5 Å². The van der Waals surface area contributed by atoms with E-state index >= 15 is 0 Å². The fourth-order valence-electron chi connectivity index (χ4n) is 3.79. The van der Waals surface area contributed by atoms with Crippen molar-refractivity contribution in [3.63, 3.8) is 0 Å². The largest absolute Gasteiger partial charge is 0.392 e. The van der Waals surface area contributed by atoms with Gasteiger partial charge >= 0.3 is 0 Å². The maximum atomic E-state index is 10.1. The molecule has 0 radical (unpaired) electrons. The molecule has 2 N–H and O–H groups in total. The van der Waals surface area contributed by atoms with Crippen molar-refractivity contribution in [3.8, 4) is 0 Å². The quantitative estimate of drug-likeness (QED) is 0.570. The Labute approximate surface area is 117 Å². The van der Waals surface area contributed by atoms with Crippen LogP contribution in [0.25, 0.3) is 0 Å². The Hall–Kier alpha value is -0.600. The molecule has 2 saturated carbocycles. The number of rotatable bonds is 6. The molecular formula is C17H28O2. The molecule has 2 rings (SSSR count). The summed E-state index contributed by atoms with van der Waals surface area (Å²) in [6.45, 7) is 6.26. The first-order valence-electron chi connectivity index (χ1n) is 7.83. The molecule has 19 heavy (non-hydrogen) atoms. The number of aliphatic hydroxyl groups excluding tert-OH is 2. The predicted octanol–water partition coefficient (Wildman–Crippen LogP) is 3.45. The third-order valence-electron chi connectivity index (χ3n) is 4.82. The average Bonchev–Trinajstić information content (AvgIpc) is 2.82. The summed E-state index contributed by atoms with van der Waals surface area (Å²) in [5.74, 6) is 1.40. The van der Waals surface area contributed by atoms with Gasteiger partial charge in [0.25, 0.3) is 0 Å². The van der Waals surface area contributed by atoms with Crippen LogP contribution in [0.15, 0.2) is 24.3 Å². The Balaban J connectivity index is 1.85. The van der Waals surface area contributed by atoms with Gasteiger partial charge in [-0.25, -0.2) is 0 Å². The van der Waals surface area contributed by atoms with Crippen LogP contribution in [0.2, 0.25) is 0 Å². The van der Waals surface area contributed by atoms with Crippen LogP contribution in [0.1, 0.15) is 51.9 Å². The smallest absolute Gasteiger partial charge is 0.0721 e. The van der Waals surface area contributed by atoms with Crippen molar-refractivity contribution in [2.75, 3.05) is 0 Å². The highest BCUT2D eigenvalue weighted by molar-refractivity contribution is 5.15. The predicted molar refractivity (Wildman–Crippen MR) is 78.8 cm³/mol. The van der Waals surface area contributed by atoms with E-state index in [0.29, 0.717) is 11.8 Å². The zero-order chi connectivity index (χ0) is 13.8. The number of hydrogen-bond donors (Lipinski definition) is 2. The van der Waals surface area contributed by atoms with E-state index in [2.05, 4.69) is 19.6 Å². The molecule has 0 aromatic heterocycles. The lowest BCUT2D eigenvalue weighted by molar-refractivity contribution is 0.139. The summed E-state index contributed by atoms with van der Waals surface area (Å²) >= 11 is 0. The van der Waals surface area contributed by atoms with Crippen molar-refractivity contribution < 1.29 is 10.2 Å². The van der Waals surface area contributed by atoms with Gasteiger partial charge in [-0.2, -0.15) is 0 Å². The zero-order valence-electron chi connectivity index (χ0n) is 12.1. The van der Waals surface area contributed by atoms with Crippen molar-refractivity contribution in [3.05, 3.63) is 24.3 Å². The van der Waals surface area contributed by atoms with Crippen LogP contribution >= 0.6 is 0 Å². The maximum Gasteiger partial charge on any atom is 0.0721 e. The number of hydrogen-bond acceptors (Lipinski definition) is 2. The summed E-state index contributed by atoms with van der Waals surface area (Å²) in [4.78, 5) is 0. The minimum Gasteiger partial charge on any atom is -0.392 e. The molecule has 2 fully saturated rings. The Kier molecular flexibility index (Phi) is 5.23. The van der Waals surface area contributed by atoms with E-state index in [1.165, 1.54) is 18.4 Å². The molecule has 0 unspecified atom stereocenters. The number of unbranched alkanes of at least 4 members (excludes halogenated alkanes) is 2. The number of allylic oxidation sites excluding steroid dienone is 1. The first-order valence-corrected chi connectivity index (χ1v) is 7.83. The Morgan fingerprint density at radius 3 is 2.89 bits per heavy atom. The summed E-state index contributed by atoms with van der Waals surface area (Å²) in [6.07, 6.45) is 10.8. The Morgan fingerprint density at radius 2 is 2.16 bits per heavy atom. The highest BCUT2D eigenvalue weighted by Gasteiger charge is 2.44.